The first kappa shape index (κ1) is 12.2. The van der Waals surface area contributed by atoms with Crippen LogP contribution in [0.2, 0.25) is 0 Å². The molecular formula is C12H19NO2. The first-order chi connectivity index (χ1) is 7.43. The van der Waals surface area contributed by atoms with Crippen LogP contribution in [0, 0.1) is 0 Å². The average Bonchev–Trinajstić information content (AvgIpc) is 2.29. The molecule has 0 aliphatic heterocycles. The largest absolute Gasteiger partial charge is 0.394 e. The minimum Gasteiger partial charge on any atom is -0.394 e. The standard InChI is InChI=1S/C12H19NO2/c14-9-11-15-10-8-13-7-6-12-4-2-1-3-5-12/h1-5,13-14H,6-11H2. The second kappa shape index (κ2) is 8.41. The number of benzene rings is 1. The molecule has 0 bridgehead atoms. The van der Waals surface area contributed by atoms with Crippen LogP contribution in [0.3, 0.4) is 0 Å². The number of hydrogen-bond donors (Lipinski definition) is 2. The van der Waals surface area contributed by atoms with E-state index in [-0.39, 0.29) is 6.61 Å². The van der Waals surface area contributed by atoms with E-state index in [1.807, 2.05) is 6.07 Å². The van der Waals surface area contributed by atoms with Gasteiger partial charge in [-0.3, -0.25) is 0 Å². The molecule has 0 saturated heterocycles. The second-order valence-corrected chi connectivity index (χ2v) is 3.32. The molecule has 0 aromatic heterocycles. The SMILES string of the molecule is OCCOCCNCCc1ccccc1. The van der Waals surface area contributed by atoms with Gasteiger partial charge in [0.2, 0.25) is 0 Å². The van der Waals surface area contributed by atoms with Crippen molar-refractivity contribution in [2.75, 3.05) is 32.9 Å². The lowest BCUT2D eigenvalue weighted by Gasteiger charge is -2.05. The van der Waals surface area contributed by atoms with Crippen LogP contribution in [0.25, 0.3) is 0 Å². The summed E-state index contributed by atoms with van der Waals surface area (Å²) in [5, 5.41) is 11.8. The average molecular weight is 209 g/mol. The van der Waals surface area contributed by atoms with Gasteiger partial charge >= 0.3 is 0 Å². The summed E-state index contributed by atoms with van der Waals surface area (Å²) in [6.45, 7) is 3.00. The van der Waals surface area contributed by atoms with Gasteiger partial charge < -0.3 is 15.2 Å². The first-order valence-corrected chi connectivity index (χ1v) is 5.36. The highest BCUT2D eigenvalue weighted by molar-refractivity contribution is 5.14. The topological polar surface area (TPSA) is 41.5 Å². The Morgan fingerprint density at radius 3 is 2.60 bits per heavy atom. The van der Waals surface area contributed by atoms with E-state index >= 15 is 0 Å². The molecule has 0 saturated carbocycles. The Balaban J connectivity index is 1.93. The maximum absolute atomic E-state index is 8.47. The predicted molar refractivity (Wildman–Crippen MR) is 60.9 cm³/mol. The maximum Gasteiger partial charge on any atom is 0.0698 e. The van der Waals surface area contributed by atoms with Crippen molar-refractivity contribution in [1.82, 2.24) is 5.32 Å². The Morgan fingerprint density at radius 2 is 1.87 bits per heavy atom. The van der Waals surface area contributed by atoms with Gasteiger partial charge in [-0.1, -0.05) is 30.3 Å². The van der Waals surface area contributed by atoms with Crippen molar-refractivity contribution in [2.45, 2.75) is 6.42 Å². The van der Waals surface area contributed by atoms with E-state index in [0.29, 0.717) is 13.2 Å². The molecule has 0 atom stereocenters. The van der Waals surface area contributed by atoms with Crippen LogP contribution >= 0.6 is 0 Å². The van der Waals surface area contributed by atoms with E-state index < -0.39 is 0 Å². The quantitative estimate of drug-likeness (QED) is 0.623. The van der Waals surface area contributed by atoms with Crippen LogP contribution in [0.1, 0.15) is 5.56 Å². The van der Waals surface area contributed by atoms with Gasteiger partial charge in [-0.15, -0.1) is 0 Å². The Hall–Kier alpha value is -0.900. The van der Waals surface area contributed by atoms with E-state index in [0.717, 1.165) is 19.5 Å². The normalized spacial score (nSPS) is 10.5. The number of ether oxygens (including phenoxy) is 1. The van der Waals surface area contributed by atoms with E-state index in [2.05, 4.69) is 29.6 Å². The zero-order chi connectivity index (χ0) is 10.8. The Kier molecular flexibility index (Phi) is 6.83. The zero-order valence-electron chi connectivity index (χ0n) is 8.98. The van der Waals surface area contributed by atoms with E-state index in [4.69, 9.17) is 9.84 Å². The number of aliphatic hydroxyl groups excluding tert-OH is 1. The predicted octanol–water partition coefficient (Wildman–Crippen LogP) is 0.828. The third-order valence-corrected chi connectivity index (χ3v) is 2.09. The number of nitrogens with one attached hydrogen (secondary N) is 1. The summed E-state index contributed by atoms with van der Waals surface area (Å²) in [4.78, 5) is 0. The van der Waals surface area contributed by atoms with Gasteiger partial charge in [-0.2, -0.15) is 0 Å². The van der Waals surface area contributed by atoms with Gasteiger partial charge in [-0.25, -0.2) is 0 Å². The summed E-state index contributed by atoms with van der Waals surface area (Å²) < 4.78 is 5.12. The third kappa shape index (κ3) is 6.23. The van der Waals surface area contributed by atoms with Crippen molar-refractivity contribution in [3.63, 3.8) is 0 Å². The molecule has 1 rings (SSSR count). The molecule has 1 aromatic rings. The van der Waals surface area contributed by atoms with Crippen molar-refractivity contribution in [3.8, 4) is 0 Å². The lowest BCUT2D eigenvalue weighted by Crippen LogP contribution is -2.22. The monoisotopic (exact) mass is 209 g/mol. The first-order valence-electron chi connectivity index (χ1n) is 5.36. The van der Waals surface area contributed by atoms with Crippen LogP contribution in [0.5, 0.6) is 0 Å². The molecule has 84 valence electrons. The molecule has 0 fully saturated rings. The zero-order valence-corrected chi connectivity index (χ0v) is 8.98. The minimum atomic E-state index is 0.101. The Morgan fingerprint density at radius 1 is 1.07 bits per heavy atom. The number of hydrogen-bond acceptors (Lipinski definition) is 3. The summed E-state index contributed by atoms with van der Waals surface area (Å²) in [5.74, 6) is 0. The number of rotatable bonds is 8. The highest BCUT2D eigenvalue weighted by Crippen LogP contribution is 1.97. The summed E-state index contributed by atoms with van der Waals surface area (Å²) in [6.07, 6.45) is 1.04. The number of aliphatic hydroxyl groups is 1. The fraction of sp³-hybridized carbons (Fsp3) is 0.500. The van der Waals surface area contributed by atoms with Gasteiger partial charge in [0.1, 0.15) is 0 Å². The molecule has 0 amide bonds. The van der Waals surface area contributed by atoms with Crippen LogP contribution in [-0.2, 0) is 11.2 Å². The van der Waals surface area contributed by atoms with Gasteiger partial charge in [0.25, 0.3) is 0 Å². The third-order valence-electron chi connectivity index (χ3n) is 2.09. The fourth-order valence-corrected chi connectivity index (χ4v) is 1.31. The van der Waals surface area contributed by atoms with E-state index in [1.54, 1.807) is 0 Å². The van der Waals surface area contributed by atoms with Crippen LogP contribution in [0.15, 0.2) is 30.3 Å². The molecule has 0 spiro atoms. The molecule has 0 aliphatic carbocycles. The minimum absolute atomic E-state index is 0.101. The summed E-state index contributed by atoms with van der Waals surface area (Å²) >= 11 is 0. The lowest BCUT2D eigenvalue weighted by atomic mass is 10.1. The Bertz CT molecular complexity index is 239. The fourth-order valence-electron chi connectivity index (χ4n) is 1.31. The molecule has 0 aliphatic rings. The summed E-state index contributed by atoms with van der Waals surface area (Å²) in [7, 11) is 0. The molecule has 1 aromatic carbocycles. The van der Waals surface area contributed by atoms with Crippen LogP contribution < -0.4 is 5.32 Å². The molecule has 0 heterocycles. The smallest absolute Gasteiger partial charge is 0.0698 e. The van der Waals surface area contributed by atoms with E-state index in [9.17, 15) is 0 Å². The van der Waals surface area contributed by atoms with Crippen molar-refractivity contribution < 1.29 is 9.84 Å². The maximum atomic E-state index is 8.47. The van der Waals surface area contributed by atoms with E-state index in [1.165, 1.54) is 5.56 Å². The van der Waals surface area contributed by atoms with Gasteiger partial charge in [-0.05, 0) is 18.5 Å². The molecule has 3 nitrogen and oxygen atoms in total. The molecular weight excluding hydrogens is 190 g/mol. The molecule has 3 heteroatoms. The molecule has 0 radical (unpaired) electrons. The lowest BCUT2D eigenvalue weighted by molar-refractivity contribution is 0.0940. The van der Waals surface area contributed by atoms with Crippen molar-refractivity contribution in [1.29, 1.82) is 0 Å². The second-order valence-electron chi connectivity index (χ2n) is 3.32. The van der Waals surface area contributed by atoms with Crippen LogP contribution in [-0.4, -0.2) is 38.0 Å². The molecule has 0 unspecified atom stereocenters. The van der Waals surface area contributed by atoms with Gasteiger partial charge in [0.05, 0.1) is 19.8 Å². The van der Waals surface area contributed by atoms with Crippen LogP contribution in [0.4, 0.5) is 0 Å². The Labute approximate surface area is 91.1 Å². The molecule has 2 N–H and O–H groups in total. The highest BCUT2D eigenvalue weighted by Gasteiger charge is 1.91. The highest BCUT2D eigenvalue weighted by atomic mass is 16.5. The van der Waals surface area contributed by atoms with Gasteiger partial charge in [0.15, 0.2) is 0 Å². The van der Waals surface area contributed by atoms with Gasteiger partial charge in [0, 0.05) is 6.54 Å². The van der Waals surface area contributed by atoms with Crippen molar-refractivity contribution in [3.05, 3.63) is 35.9 Å². The summed E-state index contributed by atoms with van der Waals surface area (Å²) in [5.41, 5.74) is 1.35. The summed E-state index contributed by atoms with van der Waals surface area (Å²) in [6, 6.07) is 10.4. The molecule has 15 heavy (non-hydrogen) atoms. The van der Waals surface area contributed by atoms with Crippen molar-refractivity contribution in [2.24, 2.45) is 0 Å². The van der Waals surface area contributed by atoms with Crippen molar-refractivity contribution >= 4 is 0 Å².